The second-order valence-corrected chi connectivity index (χ2v) is 15.4. The van der Waals surface area contributed by atoms with Crippen molar-refractivity contribution in [2.24, 2.45) is 47.2 Å². The molecule has 2 heterocycles. The van der Waals surface area contributed by atoms with Crippen LogP contribution >= 0.6 is 0 Å². The predicted octanol–water partition coefficient (Wildman–Crippen LogP) is 6.21. The van der Waals surface area contributed by atoms with Crippen LogP contribution in [0.3, 0.4) is 0 Å². The number of aromatic nitrogens is 1. The van der Waals surface area contributed by atoms with Crippen molar-refractivity contribution in [3.63, 3.8) is 0 Å². The minimum Gasteiger partial charge on any atom is -0.481 e. The Morgan fingerprint density at radius 3 is 2.64 bits per heavy atom. The molecule has 0 bridgehead atoms. The van der Waals surface area contributed by atoms with Crippen LogP contribution < -0.4 is 11.1 Å². The van der Waals surface area contributed by atoms with Crippen LogP contribution in [0.4, 0.5) is 0 Å². The lowest BCUT2D eigenvalue weighted by atomic mass is 9.64. The molecule has 2 saturated carbocycles. The number of dihydropyridines is 1. The van der Waals surface area contributed by atoms with Crippen LogP contribution in [0.15, 0.2) is 54.0 Å². The number of unbranched alkanes of at least 4 members (excludes halogenated alkanes) is 4. The molecule has 1 aromatic heterocycles. The SMILES string of the molecule is CCCCC[C@@H]1C=C[C@@H](CCCCC[C@H](C(=O)O)[C@H](O)[C@H]2CC[C@@H]3[C@@H](CC4=CCNC(N)=C4)C[C@H](Cc4ccc[nH]4)[C@]3(O)C2)[C@H](O)C1. The minimum absolute atomic E-state index is 0.0360. The lowest BCUT2D eigenvalue weighted by Crippen LogP contribution is -2.50. The van der Waals surface area contributed by atoms with Gasteiger partial charge in [0.05, 0.1) is 29.5 Å². The summed E-state index contributed by atoms with van der Waals surface area (Å²) in [6.07, 6.45) is 23.4. The van der Waals surface area contributed by atoms with E-state index in [1.54, 1.807) is 0 Å². The average Bonchev–Trinajstić information content (AvgIpc) is 3.65. The molecule has 8 heteroatoms. The van der Waals surface area contributed by atoms with E-state index in [-0.39, 0.29) is 29.8 Å². The van der Waals surface area contributed by atoms with Gasteiger partial charge in [0, 0.05) is 24.4 Å². The summed E-state index contributed by atoms with van der Waals surface area (Å²) in [7, 11) is 0. The Morgan fingerprint density at radius 1 is 1.09 bits per heavy atom. The topological polar surface area (TPSA) is 152 Å². The van der Waals surface area contributed by atoms with Gasteiger partial charge in [0.15, 0.2) is 0 Å². The molecule has 0 spiro atoms. The van der Waals surface area contributed by atoms with Crippen molar-refractivity contribution in [3.8, 4) is 0 Å². The Bertz CT molecular complexity index is 1230. The van der Waals surface area contributed by atoms with Gasteiger partial charge in [-0.1, -0.05) is 63.7 Å². The molecule has 47 heavy (non-hydrogen) atoms. The van der Waals surface area contributed by atoms with Gasteiger partial charge in [-0.2, -0.15) is 0 Å². The fourth-order valence-electron chi connectivity index (χ4n) is 9.60. The fraction of sp³-hybridized carbons (Fsp3) is 0.718. The summed E-state index contributed by atoms with van der Waals surface area (Å²) < 4.78 is 0. The summed E-state index contributed by atoms with van der Waals surface area (Å²) in [6, 6.07) is 4.05. The zero-order valence-corrected chi connectivity index (χ0v) is 28.5. The number of nitrogens with two attached hydrogens (primary N) is 1. The molecular weight excluding hydrogens is 590 g/mol. The number of rotatable bonds is 17. The number of allylic oxidation sites excluding steroid dienone is 3. The number of aliphatic hydroxyl groups is 3. The molecule has 8 nitrogen and oxygen atoms in total. The van der Waals surface area contributed by atoms with E-state index >= 15 is 0 Å². The molecule has 0 radical (unpaired) electrons. The van der Waals surface area contributed by atoms with Crippen LogP contribution in [0.5, 0.6) is 0 Å². The third-order valence-electron chi connectivity index (χ3n) is 12.2. The van der Waals surface area contributed by atoms with Crippen LogP contribution in [0.2, 0.25) is 0 Å². The van der Waals surface area contributed by atoms with Gasteiger partial charge in [-0.05, 0) is 118 Å². The first-order valence-corrected chi connectivity index (χ1v) is 18.7. The highest BCUT2D eigenvalue weighted by atomic mass is 16.4. The molecule has 5 rings (SSSR count). The van der Waals surface area contributed by atoms with Crippen LogP contribution in [-0.4, -0.2) is 55.7 Å². The number of fused-ring (bicyclic) bond motifs is 1. The van der Waals surface area contributed by atoms with Crippen LogP contribution in [0.1, 0.15) is 109 Å². The van der Waals surface area contributed by atoms with E-state index in [0.29, 0.717) is 30.5 Å². The van der Waals surface area contributed by atoms with E-state index in [4.69, 9.17) is 5.73 Å². The molecule has 262 valence electrons. The lowest BCUT2D eigenvalue weighted by molar-refractivity contribution is -0.152. The molecule has 10 atom stereocenters. The van der Waals surface area contributed by atoms with Gasteiger partial charge < -0.3 is 36.5 Å². The summed E-state index contributed by atoms with van der Waals surface area (Å²) in [5.74, 6) is -0.222. The highest BCUT2D eigenvalue weighted by molar-refractivity contribution is 5.70. The maximum absolute atomic E-state index is 12.5. The highest BCUT2D eigenvalue weighted by Crippen LogP contribution is 2.57. The van der Waals surface area contributed by atoms with Crippen molar-refractivity contribution < 1.29 is 25.2 Å². The van der Waals surface area contributed by atoms with Gasteiger partial charge in [-0.25, -0.2) is 0 Å². The number of aliphatic carboxylic acids is 1. The molecule has 0 aromatic carbocycles. The Balaban J connectivity index is 1.15. The monoisotopic (exact) mass is 651 g/mol. The lowest BCUT2D eigenvalue weighted by Gasteiger charge is -2.45. The molecule has 1 aliphatic heterocycles. The highest BCUT2D eigenvalue weighted by Gasteiger charge is 2.57. The second-order valence-electron chi connectivity index (χ2n) is 15.4. The summed E-state index contributed by atoms with van der Waals surface area (Å²) in [5.41, 5.74) is 7.42. The molecule has 4 aliphatic rings. The largest absolute Gasteiger partial charge is 0.481 e. The smallest absolute Gasteiger partial charge is 0.309 e. The second kappa shape index (κ2) is 16.7. The predicted molar refractivity (Wildman–Crippen MR) is 186 cm³/mol. The zero-order valence-electron chi connectivity index (χ0n) is 28.5. The number of carboxylic acids is 1. The third-order valence-corrected chi connectivity index (χ3v) is 12.2. The molecule has 0 unspecified atom stereocenters. The van der Waals surface area contributed by atoms with Gasteiger partial charge in [0.2, 0.25) is 0 Å². The summed E-state index contributed by atoms with van der Waals surface area (Å²) in [6.45, 7) is 2.93. The van der Waals surface area contributed by atoms with Crippen molar-refractivity contribution in [1.29, 1.82) is 0 Å². The molecule has 2 fully saturated rings. The Morgan fingerprint density at radius 2 is 1.91 bits per heavy atom. The quantitative estimate of drug-likeness (QED) is 0.0782. The molecular formula is C39H61N3O5. The van der Waals surface area contributed by atoms with E-state index in [0.717, 1.165) is 82.9 Å². The summed E-state index contributed by atoms with van der Waals surface area (Å²) in [4.78, 5) is 15.8. The number of carboxylic acid groups (broad SMARTS) is 1. The fourth-order valence-corrected chi connectivity index (χ4v) is 9.60. The first kappa shape index (κ1) is 35.7. The number of hydrogen-bond acceptors (Lipinski definition) is 6. The van der Waals surface area contributed by atoms with Gasteiger partial charge in [-0.3, -0.25) is 4.79 Å². The molecule has 8 N–H and O–H groups in total. The number of aromatic amines is 1. The van der Waals surface area contributed by atoms with E-state index in [1.165, 1.54) is 24.8 Å². The van der Waals surface area contributed by atoms with E-state index in [2.05, 4.69) is 41.5 Å². The molecule has 3 aliphatic carbocycles. The van der Waals surface area contributed by atoms with Gasteiger partial charge in [-0.15, -0.1) is 0 Å². The minimum atomic E-state index is -0.981. The normalized spacial score (nSPS) is 33.4. The number of aliphatic hydroxyl groups excluding tert-OH is 2. The Hall–Kier alpha value is -2.55. The van der Waals surface area contributed by atoms with Crippen molar-refractivity contribution in [2.75, 3.05) is 6.54 Å². The molecule has 1 aromatic rings. The first-order valence-electron chi connectivity index (χ1n) is 18.7. The maximum atomic E-state index is 12.5. The zero-order chi connectivity index (χ0) is 33.4. The van der Waals surface area contributed by atoms with Crippen LogP contribution in [0, 0.1) is 41.4 Å². The van der Waals surface area contributed by atoms with Crippen molar-refractivity contribution >= 4 is 5.97 Å². The first-order chi connectivity index (χ1) is 22.7. The van der Waals surface area contributed by atoms with E-state index in [9.17, 15) is 25.2 Å². The standard InChI is InChI=1S/C39H61N3O5/c1-2-3-5-9-26-13-14-28(35(43)21-26)10-6-4-7-12-33(38(45)46)37(44)29-15-16-34-30(20-27-17-19-42-36(40)22-27)23-31(39(34,47)25-29)24-32-11-8-18-41-32/h8,11,13-14,17-18,22,26,28-31,33-35,37,41-44,47H,2-7,9-10,12,15-16,19-21,23-25,40H2,1H3,(H,45,46)/t26-,28-,29+,30+,31-,33+,34-,35-,37-,39-/m1/s1. The summed E-state index contributed by atoms with van der Waals surface area (Å²) >= 11 is 0. The van der Waals surface area contributed by atoms with Crippen molar-refractivity contribution in [1.82, 2.24) is 10.3 Å². The Kier molecular flexibility index (Phi) is 12.7. The average molecular weight is 652 g/mol. The van der Waals surface area contributed by atoms with Crippen molar-refractivity contribution in [3.05, 3.63) is 59.7 Å². The van der Waals surface area contributed by atoms with Crippen LogP contribution in [-0.2, 0) is 11.2 Å². The van der Waals surface area contributed by atoms with E-state index < -0.39 is 23.6 Å². The van der Waals surface area contributed by atoms with Gasteiger partial charge in [0.25, 0.3) is 0 Å². The number of H-pyrrole nitrogens is 1. The van der Waals surface area contributed by atoms with E-state index in [1.807, 2.05) is 18.3 Å². The maximum Gasteiger partial charge on any atom is 0.309 e. The Labute approximate surface area is 282 Å². The summed E-state index contributed by atoms with van der Waals surface area (Å²) in [5, 5.41) is 48.1. The number of nitrogens with one attached hydrogen (secondary N) is 2. The number of hydrogen-bond donors (Lipinski definition) is 7. The third kappa shape index (κ3) is 9.12. The van der Waals surface area contributed by atoms with Crippen LogP contribution in [0.25, 0.3) is 0 Å². The van der Waals surface area contributed by atoms with Gasteiger partial charge >= 0.3 is 5.97 Å². The van der Waals surface area contributed by atoms with Gasteiger partial charge in [0.1, 0.15) is 0 Å². The number of carbonyl (C=O) groups is 1. The molecule has 0 amide bonds. The van der Waals surface area contributed by atoms with Crippen molar-refractivity contribution in [2.45, 2.75) is 127 Å². The molecule has 0 saturated heterocycles.